The second-order valence-electron chi connectivity index (χ2n) is 7.58. The van der Waals surface area contributed by atoms with Crippen LogP contribution in [0.25, 0.3) is 10.8 Å². The van der Waals surface area contributed by atoms with Crippen molar-refractivity contribution in [3.05, 3.63) is 42.5 Å². The van der Waals surface area contributed by atoms with E-state index in [0.29, 0.717) is 18.7 Å². The van der Waals surface area contributed by atoms with E-state index in [2.05, 4.69) is 16.0 Å². The Labute approximate surface area is 187 Å². The van der Waals surface area contributed by atoms with Gasteiger partial charge < -0.3 is 26.0 Å². The lowest BCUT2D eigenvalue weighted by atomic mass is 10.0. The van der Waals surface area contributed by atoms with Crippen LogP contribution in [0.1, 0.15) is 26.7 Å². The van der Waals surface area contributed by atoms with Gasteiger partial charge in [0.2, 0.25) is 17.7 Å². The second-order valence-corrected chi connectivity index (χ2v) is 7.58. The van der Waals surface area contributed by atoms with Crippen molar-refractivity contribution in [2.75, 3.05) is 18.9 Å². The molecule has 9 nitrogen and oxygen atoms in total. The van der Waals surface area contributed by atoms with E-state index in [9.17, 15) is 14.4 Å². The molecule has 0 saturated carbocycles. The molecule has 0 radical (unpaired) electrons. The first kappa shape index (κ1) is 24.8. The van der Waals surface area contributed by atoms with Gasteiger partial charge in [0.1, 0.15) is 12.1 Å². The molecule has 1 fully saturated rings. The van der Waals surface area contributed by atoms with Gasteiger partial charge in [0.05, 0.1) is 6.04 Å². The van der Waals surface area contributed by atoms with E-state index in [0.717, 1.165) is 17.2 Å². The maximum atomic E-state index is 12.9. The predicted molar refractivity (Wildman–Crippen MR) is 122 cm³/mol. The Balaban J connectivity index is 0.00000114. The van der Waals surface area contributed by atoms with Crippen LogP contribution >= 0.6 is 0 Å². The number of rotatable bonds is 6. The van der Waals surface area contributed by atoms with E-state index in [1.54, 1.807) is 25.8 Å². The van der Waals surface area contributed by atoms with Crippen molar-refractivity contribution in [2.24, 2.45) is 0 Å². The molecule has 172 valence electrons. The standard InChI is InChI=1S/C22H28N4O3.CH2O2/c1-14(23-3)20(27)25-19-9-6-12-26(22(19)29)15(2)21(28)24-18-11-10-16-7-4-5-8-17(16)13-18;2-1-3/h4-5,7-8,10-11,13-15,19,23H,6,9,12H2,1-3H3,(H,24,28)(H,25,27);1H,(H,2,3)/t14-,15-,19?;/m0./s1. The van der Waals surface area contributed by atoms with Gasteiger partial charge in [-0.2, -0.15) is 0 Å². The Morgan fingerprint density at radius 2 is 1.78 bits per heavy atom. The molecule has 0 aliphatic carbocycles. The van der Waals surface area contributed by atoms with E-state index >= 15 is 0 Å². The molecule has 2 aromatic rings. The quantitative estimate of drug-likeness (QED) is 0.503. The number of hydrogen-bond acceptors (Lipinski definition) is 5. The number of likely N-dealkylation sites (N-methyl/N-ethyl adjacent to an activating group) is 1. The lowest BCUT2D eigenvalue weighted by Gasteiger charge is -2.36. The van der Waals surface area contributed by atoms with Crippen LogP contribution in [0.3, 0.4) is 0 Å². The van der Waals surface area contributed by atoms with Crippen LogP contribution in [0.5, 0.6) is 0 Å². The number of benzene rings is 2. The number of carbonyl (C=O) groups is 4. The van der Waals surface area contributed by atoms with Crippen LogP contribution in [-0.4, -0.2) is 65.9 Å². The molecule has 2 aromatic carbocycles. The summed E-state index contributed by atoms with van der Waals surface area (Å²) < 4.78 is 0. The molecule has 3 amide bonds. The van der Waals surface area contributed by atoms with Gasteiger partial charge in [0.25, 0.3) is 6.47 Å². The molecule has 32 heavy (non-hydrogen) atoms. The highest BCUT2D eigenvalue weighted by Crippen LogP contribution is 2.20. The lowest BCUT2D eigenvalue weighted by Crippen LogP contribution is -2.58. The Morgan fingerprint density at radius 3 is 2.44 bits per heavy atom. The monoisotopic (exact) mass is 442 g/mol. The smallest absolute Gasteiger partial charge is 0.290 e. The molecule has 0 bridgehead atoms. The van der Waals surface area contributed by atoms with E-state index in [-0.39, 0.29) is 30.2 Å². The minimum atomic E-state index is -0.629. The highest BCUT2D eigenvalue weighted by atomic mass is 16.3. The number of amides is 3. The number of carbonyl (C=O) groups excluding carboxylic acids is 3. The number of carboxylic acid groups (broad SMARTS) is 1. The van der Waals surface area contributed by atoms with Crippen LogP contribution in [0, 0.1) is 0 Å². The summed E-state index contributed by atoms with van der Waals surface area (Å²) in [5.41, 5.74) is 0.692. The highest BCUT2D eigenvalue weighted by Gasteiger charge is 2.35. The van der Waals surface area contributed by atoms with Crippen molar-refractivity contribution >= 4 is 40.7 Å². The number of likely N-dealkylation sites (tertiary alicyclic amines) is 1. The summed E-state index contributed by atoms with van der Waals surface area (Å²) in [6.45, 7) is 3.70. The molecule has 1 unspecified atom stereocenters. The third-order valence-corrected chi connectivity index (χ3v) is 5.48. The van der Waals surface area contributed by atoms with Gasteiger partial charge in [-0.3, -0.25) is 19.2 Å². The zero-order chi connectivity index (χ0) is 23.7. The molecule has 0 spiro atoms. The maximum Gasteiger partial charge on any atom is 0.290 e. The molecular formula is C23H30N4O5. The molecule has 1 heterocycles. The van der Waals surface area contributed by atoms with Crippen molar-refractivity contribution < 1.29 is 24.3 Å². The van der Waals surface area contributed by atoms with E-state index in [1.165, 1.54) is 0 Å². The highest BCUT2D eigenvalue weighted by molar-refractivity contribution is 6.00. The first-order valence-electron chi connectivity index (χ1n) is 10.5. The predicted octanol–water partition coefficient (Wildman–Crippen LogP) is 1.58. The van der Waals surface area contributed by atoms with Crippen molar-refractivity contribution in [2.45, 2.75) is 44.8 Å². The van der Waals surface area contributed by atoms with Crippen LogP contribution in [-0.2, 0) is 19.2 Å². The summed E-state index contributed by atoms with van der Waals surface area (Å²) in [5.74, 6) is -0.681. The summed E-state index contributed by atoms with van der Waals surface area (Å²) in [6.07, 6.45) is 1.31. The average Bonchev–Trinajstić information content (AvgIpc) is 2.79. The van der Waals surface area contributed by atoms with Gasteiger partial charge in [-0.15, -0.1) is 0 Å². The number of nitrogens with one attached hydrogen (secondary N) is 3. The van der Waals surface area contributed by atoms with Crippen molar-refractivity contribution in [1.82, 2.24) is 15.5 Å². The van der Waals surface area contributed by atoms with E-state index in [4.69, 9.17) is 9.90 Å². The second kappa shape index (κ2) is 11.8. The van der Waals surface area contributed by atoms with Gasteiger partial charge in [-0.05, 0) is 56.6 Å². The summed E-state index contributed by atoms with van der Waals surface area (Å²) in [4.78, 5) is 47.7. The lowest BCUT2D eigenvalue weighted by molar-refractivity contribution is -0.144. The first-order valence-corrected chi connectivity index (χ1v) is 10.5. The van der Waals surface area contributed by atoms with Crippen molar-refractivity contribution in [1.29, 1.82) is 0 Å². The fraction of sp³-hybridized carbons (Fsp3) is 0.391. The SMILES string of the molecule is CN[C@@H](C)C(=O)NC1CCCN([C@@H](C)C(=O)Nc2ccc3ccccc3c2)C1=O.O=CO. The normalized spacial score (nSPS) is 17.5. The summed E-state index contributed by atoms with van der Waals surface area (Å²) in [5, 5.41) is 17.6. The molecule has 1 aliphatic heterocycles. The Morgan fingerprint density at radius 1 is 1.12 bits per heavy atom. The van der Waals surface area contributed by atoms with Crippen molar-refractivity contribution in [3.63, 3.8) is 0 Å². The fourth-order valence-corrected chi connectivity index (χ4v) is 3.50. The van der Waals surface area contributed by atoms with Gasteiger partial charge in [0, 0.05) is 12.2 Å². The number of fused-ring (bicyclic) bond motifs is 1. The molecular weight excluding hydrogens is 412 g/mol. The third-order valence-electron chi connectivity index (χ3n) is 5.48. The first-order chi connectivity index (χ1) is 15.3. The molecule has 9 heteroatoms. The summed E-state index contributed by atoms with van der Waals surface area (Å²) in [6, 6.07) is 12.0. The summed E-state index contributed by atoms with van der Waals surface area (Å²) >= 11 is 0. The molecule has 3 rings (SSSR count). The molecule has 3 atom stereocenters. The molecule has 1 aliphatic rings. The number of hydrogen-bond donors (Lipinski definition) is 4. The van der Waals surface area contributed by atoms with Gasteiger partial charge in [0.15, 0.2) is 0 Å². The van der Waals surface area contributed by atoms with Crippen LogP contribution in [0.15, 0.2) is 42.5 Å². The van der Waals surface area contributed by atoms with Crippen LogP contribution < -0.4 is 16.0 Å². The van der Waals surface area contributed by atoms with Crippen molar-refractivity contribution in [3.8, 4) is 0 Å². The topological polar surface area (TPSA) is 128 Å². The molecule has 4 N–H and O–H groups in total. The largest absolute Gasteiger partial charge is 0.483 e. The summed E-state index contributed by atoms with van der Waals surface area (Å²) in [7, 11) is 1.69. The van der Waals surface area contributed by atoms with Gasteiger partial charge >= 0.3 is 0 Å². The minimum Gasteiger partial charge on any atom is -0.483 e. The van der Waals surface area contributed by atoms with E-state index in [1.807, 2.05) is 42.5 Å². The fourth-order valence-electron chi connectivity index (χ4n) is 3.50. The Bertz CT molecular complexity index is 964. The van der Waals surface area contributed by atoms with Crippen LogP contribution in [0.2, 0.25) is 0 Å². The third kappa shape index (κ3) is 6.27. The van der Waals surface area contributed by atoms with E-state index < -0.39 is 12.1 Å². The Hall–Kier alpha value is -3.46. The zero-order valence-electron chi connectivity index (χ0n) is 18.5. The number of piperidine rings is 1. The number of nitrogens with zero attached hydrogens (tertiary/aromatic N) is 1. The maximum absolute atomic E-state index is 12.9. The zero-order valence-corrected chi connectivity index (χ0v) is 18.5. The molecule has 0 aromatic heterocycles. The average molecular weight is 443 g/mol. The van der Waals surface area contributed by atoms with Gasteiger partial charge in [-0.1, -0.05) is 30.3 Å². The number of anilines is 1. The van der Waals surface area contributed by atoms with Crippen LogP contribution in [0.4, 0.5) is 5.69 Å². The Kier molecular flexibility index (Phi) is 9.15. The minimum absolute atomic E-state index is 0.214. The van der Waals surface area contributed by atoms with Gasteiger partial charge in [-0.25, -0.2) is 0 Å². The molecule has 1 saturated heterocycles.